The number of carboxylic acids is 1. The molecule has 0 aliphatic carbocycles. The van der Waals surface area contributed by atoms with Crippen LogP contribution in [0.1, 0.15) is 23.2 Å². The Balaban J connectivity index is 2.79. The number of nitrogens with one attached hydrogen (secondary N) is 1. The fourth-order valence-corrected chi connectivity index (χ4v) is 2.13. The molecule has 1 rings (SSSR count). The molecule has 0 aliphatic rings. The van der Waals surface area contributed by atoms with Crippen molar-refractivity contribution in [3.8, 4) is 0 Å². The first-order valence-corrected chi connectivity index (χ1v) is 7.07. The Morgan fingerprint density at radius 2 is 2.10 bits per heavy atom. The maximum absolute atomic E-state index is 12.1. The molecule has 21 heavy (non-hydrogen) atoms. The Morgan fingerprint density at radius 3 is 2.67 bits per heavy atom. The van der Waals surface area contributed by atoms with Gasteiger partial charge in [-0.05, 0) is 40.5 Å². The van der Waals surface area contributed by atoms with Crippen LogP contribution in [0.2, 0.25) is 5.02 Å². The molecule has 0 unspecified atom stereocenters. The second-order valence-corrected chi connectivity index (χ2v) is 5.39. The summed E-state index contributed by atoms with van der Waals surface area (Å²) in [7, 11) is 1.21. The topological polar surface area (TPSA) is 92.7 Å². The second-order valence-electron chi connectivity index (χ2n) is 4.10. The van der Waals surface area contributed by atoms with Gasteiger partial charge in [0.05, 0.1) is 12.7 Å². The quantitative estimate of drug-likeness (QED) is 0.741. The molecule has 1 atom stereocenters. The Morgan fingerprint density at radius 1 is 1.43 bits per heavy atom. The number of hydrogen-bond donors (Lipinski definition) is 2. The van der Waals surface area contributed by atoms with Crippen molar-refractivity contribution in [1.82, 2.24) is 5.32 Å². The molecule has 1 amide bonds. The highest BCUT2D eigenvalue weighted by atomic mass is 79.9. The smallest absolute Gasteiger partial charge is 0.326 e. The number of methoxy groups -OCH3 is 1. The van der Waals surface area contributed by atoms with Crippen LogP contribution in [0.25, 0.3) is 0 Å². The van der Waals surface area contributed by atoms with Crippen LogP contribution in [0.3, 0.4) is 0 Å². The van der Waals surface area contributed by atoms with Gasteiger partial charge in [-0.1, -0.05) is 11.6 Å². The van der Waals surface area contributed by atoms with Crippen molar-refractivity contribution in [3.05, 3.63) is 33.3 Å². The molecule has 0 spiro atoms. The zero-order valence-electron chi connectivity index (χ0n) is 11.1. The number of rotatable bonds is 6. The lowest BCUT2D eigenvalue weighted by Gasteiger charge is -2.14. The van der Waals surface area contributed by atoms with Crippen LogP contribution in [0.4, 0.5) is 0 Å². The molecule has 0 saturated carbocycles. The number of aliphatic carboxylic acids is 1. The summed E-state index contributed by atoms with van der Waals surface area (Å²) in [6, 6.07) is 3.40. The third kappa shape index (κ3) is 5.35. The monoisotopic (exact) mass is 377 g/mol. The van der Waals surface area contributed by atoms with Crippen molar-refractivity contribution in [2.75, 3.05) is 7.11 Å². The predicted octanol–water partition coefficient (Wildman–Crippen LogP) is 2.24. The molecule has 1 aromatic carbocycles. The van der Waals surface area contributed by atoms with E-state index in [1.54, 1.807) is 12.1 Å². The van der Waals surface area contributed by atoms with Crippen LogP contribution in [0.15, 0.2) is 22.7 Å². The lowest BCUT2D eigenvalue weighted by Crippen LogP contribution is -2.41. The Hall–Kier alpha value is -1.60. The van der Waals surface area contributed by atoms with E-state index < -0.39 is 23.9 Å². The van der Waals surface area contributed by atoms with Crippen LogP contribution >= 0.6 is 27.5 Å². The Labute approximate surface area is 134 Å². The fraction of sp³-hybridized carbons (Fsp3) is 0.308. The van der Waals surface area contributed by atoms with Gasteiger partial charge in [0.25, 0.3) is 5.91 Å². The van der Waals surface area contributed by atoms with Gasteiger partial charge >= 0.3 is 11.9 Å². The predicted molar refractivity (Wildman–Crippen MR) is 79.3 cm³/mol. The molecule has 0 fully saturated rings. The number of carboxylic acid groups (broad SMARTS) is 1. The first kappa shape index (κ1) is 17.5. The third-order valence-electron chi connectivity index (χ3n) is 2.64. The number of halogens is 2. The van der Waals surface area contributed by atoms with Crippen molar-refractivity contribution in [2.45, 2.75) is 18.9 Å². The highest BCUT2D eigenvalue weighted by Crippen LogP contribution is 2.21. The zero-order chi connectivity index (χ0) is 16.0. The second kappa shape index (κ2) is 7.99. The van der Waals surface area contributed by atoms with E-state index in [4.69, 9.17) is 16.7 Å². The maximum Gasteiger partial charge on any atom is 0.326 e. The molecule has 2 N–H and O–H groups in total. The van der Waals surface area contributed by atoms with E-state index in [9.17, 15) is 14.4 Å². The summed E-state index contributed by atoms with van der Waals surface area (Å²) in [5.41, 5.74) is 0.215. The molecule has 0 radical (unpaired) electrons. The summed E-state index contributed by atoms with van der Waals surface area (Å²) in [6.07, 6.45) is -0.170. The highest BCUT2D eigenvalue weighted by molar-refractivity contribution is 9.10. The first-order valence-electron chi connectivity index (χ1n) is 5.90. The Bertz CT molecular complexity index is 563. The summed E-state index contributed by atoms with van der Waals surface area (Å²) < 4.78 is 4.92. The van der Waals surface area contributed by atoms with E-state index in [0.717, 1.165) is 0 Å². The lowest BCUT2D eigenvalue weighted by molar-refractivity contribution is -0.142. The number of esters is 1. The SMILES string of the molecule is COC(=O)CC[C@H](NC(=O)c1cc(Cl)ccc1Br)C(=O)O. The van der Waals surface area contributed by atoms with E-state index in [-0.39, 0.29) is 18.4 Å². The minimum absolute atomic E-state index is 0.0636. The number of carbonyl (C=O) groups excluding carboxylic acids is 2. The molecule has 114 valence electrons. The van der Waals surface area contributed by atoms with Gasteiger partial charge < -0.3 is 15.2 Å². The van der Waals surface area contributed by atoms with Crippen LogP contribution in [-0.2, 0) is 14.3 Å². The van der Waals surface area contributed by atoms with Gasteiger partial charge in [0.2, 0.25) is 0 Å². The van der Waals surface area contributed by atoms with Gasteiger partial charge in [-0.3, -0.25) is 9.59 Å². The molecular formula is C13H13BrClNO5. The summed E-state index contributed by atoms with van der Waals surface area (Å²) in [4.78, 5) is 34.2. The van der Waals surface area contributed by atoms with Crippen LogP contribution in [-0.4, -0.2) is 36.1 Å². The van der Waals surface area contributed by atoms with Crippen LogP contribution < -0.4 is 5.32 Å². The molecule has 0 saturated heterocycles. The number of benzene rings is 1. The number of hydrogen-bond acceptors (Lipinski definition) is 4. The van der Waals surface area contributed by atoms with Crippen molar-refractivity contribution >= 4 is 45.4 Å². The van der Waals surface area contributed by atoms with Gasteiger partial charge in [-0.2, -0.15) is 0 Å². The average Bonchev–Trinajstić information content (AvgIpc) is 2.44. The lowest BCUT2D eigenvalue weighted by atomic mass is 10.1. The van der Waals surface area contributed by atoms with Gasteiger partial charge in [-0.25, -0.2) is 4.79 Å². The summed E-state index contributed by atoms with van der Waals surface area (Å²) >= 11 is 8.99. The van der Waals surface area contributed by atoms with E-state index >= 15 is 0 Å². The van der Waals surface area contributed by atoms with Crippen molar-refractivity contribution in [3.63, 3.8) is 0 Å². The van der Waals surface area contributed by atoms with Crippen molar-refractivity contribution in [2.24, 2.45) is 0 Å². The average molecular weight is 379 g/mol. The van der Waals surface area contributed by atoms with E-state index in [2.05, 4.69) is 26.0 Å². The maximum atomic E-state index is 12.1. The van der Waals surface area contributed by atoms with Crippen LogP contribution in [0, 0.1) is 0 Å². The number of amides is 1. The van der Waals surface area contributed by atoms with Crippen LogP contribution in [0.5, 0.6) is 0 Å². The number of ether oxygens (including phenoxy) is 1. The Kier molecular flexibility index (Phi) is 6.64. The van der Waals surface area contributed by atoms with E-state index in [0.29, 0.717) is 9.50 Å². The van der Waals surface area contributed by atoms with E-state index in [1.165, 1.54) is 13.2 Å². The molecule has 8 heteroatoms. The molecule has 0 heterocycles. The standard InChI is InChI=1S/C13H13BrClNO5/c1-21-11(17)5-4-10(13(19)20)16-12(18)8-6-7(15)2-3-9(8)14/h2-3,6,10H,4-5H2,1H3,(H,16,18)(H,19,20)/t10-/m0/s1. The fourth-order valence-electron chi connectivity index (χ4n) is 1.53. The molecule has 6 nitrogen and oxygen atoms in total. The minimum Gasteiger partial charge on any atom is -0.480 e. The summed E-state index contributed by atoms with van der Waals surface area (Å²) in [5.74, 6) is -2.37. The zero-order valence-corrected chi connectivity index (χ0v) is 13.4. The summed E-state index contributed by atoms with van der Waals surface area (Å²) in [5, 5.41) is 11.8. The molecule has 0 aliphatic heterocycles. The van der Waals surface area contributed by atoms with Gasteiger partial charge in [0.15, 0.2) is 0 Å². The largest absolute Gasteiger partial charge is 0.480 e. The number of carbonyl (C=O) groups is 3. The van der Waals surface area contributed by atoms with E-state index in [1.807, 2.05) is 0 Å². The van der Waals surface area contributed by atoms with Crippen molar-refractivity contribution in [1.29, 1.82) is 0 Å². The molecule has 1 aromatic rings. The van der Waals surface area contributed by atoms with Gasteiger partial charge in [0, 0.05) is 15.9 Å². The third-order valence-corrected chi connectivity index (χ3v) is 3.57. The molecule has 0 bridgehead atoms. The first-order chi connectivity index (χ1) is 9.85. The minimum atomic E-state index is -1.23. The van der Waals surface area contributed by atoms with Gasteiger partial charge in [-0.15, -0.1) is 0 Å². The van der Waals surface area contributed by atoms with Crippen molar-refractivity contribution < 1.29 is 24.2 Å². The molecular weight excluding hydrogens is 366 g/mol. The normalized spacial score (nSPS) is 11.6. The molecule has 0 aromatic heterocycles. The summed E-state index contributed by atoms with van der Waals surface area (Å²) in [6.45, 7) is 0. The highest BCUT2D eigenvalue weighted by Gasteiger charge is 2.23. The van der Waals surface area contributed by atoms with Gasteiger partial charge in [0.1, 0.15) is 6.04 Å².